The van der Waals surface area contributed by atoms with Gasteiger partial charge in [0.2, 0.25) is 0 Å². The summed E-state index contributed by atoms with van der Waals surface area (Å²) in [6, 6.07) is 10.9. The summed E-state index contributed by atoms with van der Waals surface area (Å²) in [6.07, 6.45) is 0.897. The molecule has 114 valence electrons. The second-order valence-electron chi connectivity index (χ2n) is 5.58. The fourth-order valence-corrected chi connectivity index (χ4v) is 3.15. The number of nitrogens with zero attached hydrogens (tertiary/aromatic N) is 1. The predicted octanol–water partition coefficient (Wildman–Crippen LogP) is 3.92. The minimum Gasteiger partial charge on any atom is -0.372 e. The Balaban J connectivity index is 2.15. The van der Waals surface area contributed by atoms with Crippen molar-refractivity contribution in [2.75, 3.05) is 13.7 Å². The number of thiazole rings is 1. The van der Waals surface area contributed by atoms with Crippen LogP contribution in [-0.2, 0) is 16.8 Å². The van der Waals surface area contributed by atoms with Gasteiger partial charge in [-0.3, -0.25) is 0 Å². The van der Waals surface area contributed by atoms with Crippen molar-refractivity contribution in [3.8, 4) is 0 Å². The van der Waals surface area contributed by atoms with Crippen LogP contribution in [0.4, 0.5) is 0 Å². The Hall–Kier alpha value is -1.23. The topological polar surface area (TPSA) is 34.1 Å². The maximum Gasteiger partial charge on any atom is 0.124 e. The van der Waals surface area contributed by atoms with Crippen LogP contribution in [0.2, 0.25) is 0 Å². The molecule has 0 aliphatic heterocycles. The lowest BCUT2D eigenvalue weighted by Crippen LogP contribution is -2.23. The van der Waals surface area contributed by atoms with E-state index in [0.29, 0.717) is 6.04 Å². The molecular weight excluding hydrogens is 280 g/mol. The highest BCUT2D eigenvalue weighted by Gasteiger charge is 2.24. The number of methoxy groups -OCH3 is 1. The Morgan fingerprint density at radius 1 is 1.29 bits per heavy atom. The second-order valence-corrected chi connectivity index (χ2v) is 6.44. The van der Waals surface area contributed by atoms with Gasteiger partial charge in [0.15, 0.2) is 0 Å². The summed E-state index contributed by atoms with van der Waals surface area (Å²) in [7, 11) is 1.73. The van der Waals surface area contributed by atoms with E-state index in [0.717, 1.165) is 23.7 Å². The molecule has 1 N–H and O–H groups in total. The summed E-state index contributed by atoms with van der Waals surface area (Å²) in [5.41, 5.74) is 2.11. The summed E-state index contributed by atoms with van der Waals surface area (Å²) in [4.78, 5) is 4.75. The van der Waals surface area contributed by atoms with Crippen LogP contribution < -0.4 is 5.32 Å². The average molecular weight is 304 g/mol. The molecule has 0 saturated heterocycles. The fraction of sp³-hybridized carbons (Fsp3) is 0.471. The normalized spacial score (nSPS) is 13.3. The van der Waals surface area contributed by atoms with E-state index < -0.39 is 0 Å². The number of aromatic nitrogens is 1. The molecule has 1 aromatic carbocycles. The van der Waals surface area contributed by atoms with Gasteiger partial charge in [0, 0.05) is 25.0 Å². The highest BCUT2D eigenvalue weighted by atomic mass is 32.1. The lowest BCUT2D eigenvalue weighted by atomic mass is 10.0. The molecular formula is C17H24N2OS. The van der Waals surface area contributed by atoms with Crippen LogP contribution in [0.5, 0.6) is 0 Å². The zero-order chi connectivity index (χ0) is 15.3. The van der Waals surface area contributed by atoms with E-state index in [4.69, 9.17) is 9.72 Å². The number of hydrogen-bond acceptors (Lipinski definition) is 4. The number of rotatable bonds is 7. The first-order chi connectivity index (χ1) is 10.1. The minimum atomic E-state index is -0.316. The van der Waals surface area contributed by atoms with Crippen LogP contribution in [0, 0.1) is 0 Å². The monoisotopic (exact) mass is 304 g/mol. The third kappa shape index (κ3) is 4.13. The molecule has 1 unspecified atom stereocenters. The maximum absolute atomic E-state index is 5.51. The van der Waals surface area contributed by atoms with Gasteiger partial charge in [0.05, 0.1) is 5.69 Å². The molecule has 0 spiro atoms. The first kappa shape index (κ1) is 16.1. The van der Waals surface area contributed by atoms with Gasteiger partial charge in [-0.15, -0.1) is 11.3 Å². The van der Waals surface area contributed by atoms with Crippen LogP contribution >= 0.6 is 11.3 Å². The molecule has 1 aromatic heterocycles. The Bertz CT molecular complexity index is 551. The maximum atomic E-state index is 5.51. The highest BCUT2D eigenvalue weighted by Crippen LogP contribution is 2.28. The predicted molar refractivity (Wildman–Crippen MR) is 88.7 cm³/mol. The molecule has 0 amide bonds. The van der Waals surface area contributed by atoms with Crippen molar-refractivity contribution in [1.82, 2.24) is 10.3 Å². The lowest BCUT2D eigenvalue weighted by molar-refractivity contribution is 0.0189. The van der Waals surface area contributed by atoms with Crippen molar-refractivity contribution < 1.29 is 4.74 Å². The van der Waals surface area contributed by atoms with Crippen molar-refractivity contribution in [3.63, 3.8) is 0 Å². The molecule has 0 radical (unpaired) electrons. The van der Waals surface area contributed by atoms with Gasteiger partial charge >= 0.3 is 0 Å². The molecule has 1 atom stereocenters. The van der Waals surface area contributed by atoms with Crippen molar-refractivity contribution in [3.05, 3.63) is 52.0 Å². The Kier molecular flexibility index (Phi) is 5.51. The molecule has 0 aliphatic rings. The molecule has 4 heteroatoms. The van der Waals surface area contributed by atoms with Gasteiger partial charge in [-0.25, -0.2) is 4.98 Å². The molecule has 2 aromatic rings. The first-order valence-electron chi connectivity index (χ1n) is 7.35. The van der Waals surface area contributed by atoms with Crippen LogP contribution in [-0.4, -0.2) is 18.6 Å². The molecule has 2 rings (SSSR count). The van der Waals surface area contributed by atoms with E-state index in [1.807, 2.05) is 0 Å². The molecule has 0 saturated carbocycles. The summed E-state index contributed by atoms with van der Waals surface area (Å²) in [5, 5.41) is 6.72. The standard InChI is InChI=1S/C17H24N2OS/c1-5-18-15(13-9-7-6-8-10-13)11-14-12-21-16(19-14)17(2,3)20-4/h6-10,12,15,18H,5,11H2,1-4H3. The summed E-state index contributed by atoms with van der Waals surface area (Å²) >= 11 is 1.67. The smallest absolute Gasteiger partial charge is 0.124 e. The van der Waals surface area contributed by atoms with E-state index in [2.05, 4.69) is 61.8 Å². The van der Waals surface area contributed by atoms with Crippen LogP contribution in [0.25, 0.3) is 0 Å². The van der Waals surface area contributed by atoms with Crippen LogP contribution in [0.1, 0.15) is 43.1 Å². The van der Waals surface area contributed by atoms with E-state index in [1.54, 1.807) is 18.4 Å². The van der Waals surface area contributed by atoms with Crippen molar-refractivity contribution in [2.24, 2.45) is 0 Å². The van der Waals surface area contributed by atoms with E-state index >= 15 is 0 Å². The fourth-order valence-electron chi connectivity index (χ4n) is 2.21. The average Bonchev–Trinajstić information content (AvgIpc) is 2.97. The largest absolute Gasteiger partial charge is 0.372 e. The molecule has 3 nitrogen and oxygen atoms in total. The third-order valence-electron chi connectivity index (χ3n) is 3.64. The third-order valence-corrected chi connectivity index (χ3v) is 4.84. The van der Waals surface area contributed by atoms with Crippen molar-refractivity contribution in [2.45, 2.75) is 38.8 Å². The van der Waals surface area contributed by atoms with E-state index in [-0.39, 0.29) is 5.60 Å². The molecule has 0 bridgehead atoms. The quantitative estimate of drug-likeness (QED) is 0.842. The Morgan fingerprint density at radius 2 is 2.00 bits per heavy atom. The lowest BCUT2D eigenvalue weighted by Gasteiger charge is -2.20. The molecule has 1 heterocycles. The van der Waals surface area contributed by atoms with Gasteiger partial charge < -0.3 is 10.1 Å². The van der Waals surface area contributed by atoms with Crippen LogP contribution in [0.15, 0.2) is 35.7 Å². The molecule has 0 aliphatic carbocycles. The number of likely N-dealkylation sites (N-methyl/N-ethyl adjacent to an activating group) is 1. The van der Waals surface area contributed by atoms with E-state index in [9.17, 15) is 0 Å². The number of hydrogen-bond donors (Lipinski definition) is 1. The SMILES string of the molecule is CCNC(Cc1csc(C(C)(C)OC)n1)c1ccccc1. The summed E-state index contributed by atoms with van der Waals surface area (Å²) in [6.45, 7) is 7.18. The van der Waals surface area contributed by atoms with E-state index in [1.165, 1.54) is 5.56 Å². The van der Waals surface area contributed by atoms with Crippen LogP contribution in [0.3, 0.4) is 0 Å². The molecule has 21 heavy (non-hydrogen) atoms. The van der Waals surface area contributed by atoms with Crippen molar-refractivity contribution in [1.29, 1.82) is 0 Å². The number of nitrogens with one attached hydrogen (secondary N) is 1. The summed E-state index contributed by atoms with van der Waals surface area (Å²) < 4.78 is 5.51. The second kappa shape index (κ2) is 7.16. The van der Waals surface area contributed by atoms with Gasteiger partial charge in [0.25, 0.3) is 0 Å². The minimum absolute atomic E-state index is 0.303. The van der Waals surface area contributed by atoms with Crippen molar-refractivity contribution >= 4 is 11.3 Å². The highest BCUT2D eigenvalue weighted by molar-refractivity contribution is 7.09. The Morgan fingerprint density at radius 3 is 2.62 bits per heavy atom. The number of benzene rings is 1. The number of ether oxygens (including phenoxy) is 1. The summed E-state index contributed by atoms with van der Waals surface area (Å²) in [5.74, 6) is 0. The van der Waals surface area contributed by atoms with Gasteiger partial charge in [-0.05, 0) is 26.0 Å². The van der Waals surface area contributed by atoms with Gasteiger partial charge in [0.1, 0.15) is 10.6 Å². The van der Waals surface area contributed by atoms with Gasteiger partial charge in [-0.1, -0.05) is 37.3 Å². The first-order valence-corrected chi connectivity index (χ1v) is 8.23. The van der Waals surface area contributed by atoms with Gasteiger partial charge in [-0.2, -0.15) is 0 Å². The Labute approximate surface area is 131 Å². The zero-order valence-corrected chi connectivity index (χ0v) is 14.0. The molecule has 0 fully saturated rings. The zero-order valence-electron chi connectivity index (χ0n) is 13.2.